The van der Waals surface area contributed by atoms with Gasteiger partial charge in [-0.2, -0.15) is 5.10 Å². The Hall–Kier alpha value is -3.89. The molecule has 0 saturated carbocycles. The lowest BCUT2D eigenvalue weighted by Gasteiger charge is -2.16. The molecule has 5 aromatic heterocycles. The average Bonchev–Trinajstić information content (AvgIpc) is 3.44. The highest BCUT2D eigenvalue weighted by Gasteiger charge is 2.17. The molecule has 5 aromatic rings. The smallest absolute Gasteiger partial charge is 0.259 e. The minimum absolute atomic E-state index is 0.00496. The van der Waals surface area contributed by atoms with E-state index in [1.165, 1.54) is 11.1 Å². The van der Waals surface area contributed by atoms with E-state index in [1.54, 1.807) is 54.4 Å². The van der Waals surface area contributed by atoms with Crippen LogP contribution in [0.3, 0.4) is 0 Å². The molecular weight excluding hydrogens is 428 g/mol. The van der Waals surface area contributed by atoms with Gasteiger partial charge >= 0.3 is 0 Å². The molecule has 160 valence electrons. The number of amides is 1. The van der Waals surface area contributed by atoms with Crippen LogP contribution in [-0.4, -0.2) is 46.3 Å². The van der Waals surface area contributed by atoms with E-state index in [4.69, 9.17) is 4.55 Å². The summed E-state index contributed by atoms with van der Waals surface area (Å²) in [7, 11) is 1.64. The van der Waals surface area contributed by atoms with Crippen molar-refractivity contribution in [2.24, 2.45) is 0 Å². The second kappa shape index (κ2) is 7.98. The summed E-state index contributed by atoms with van der Waals surface area (Å²) in [5.41, 5.74) is 4.48. The van der Waals surface area contributed by atoms with Crippen molar-refractivity contribution < 1.29 is 13.6 Å². The Morgan fingerprint density at radius 3 is 2.81 bits per heavy atom. The van der Waals surface area contributed by atoms with Crippen molar-refractivity contribution in [2.75, 3.05) is 11.9 Å². The van der Waals surface area contributed by atoms with Gasteiger partial charge in [-0.05, 0) is 35.9 Å². The average molecular weight is 446 g/mol. The third kappa shape index (κ3) is 3.66. The van der Waals surface area contributed by atoms with Gasteiger partial charge in [-0.3, -0.25) is 9.69 Å². The van der Waals surface area contributed by atoms with Gasteiger partial charge in [0.05, 0.1) is 17.5 Å². The van der Waals surface area contributed by atoms with Gasteiger partial charge in [-0.25, -0.2) is 18.7 Å². The summed E-state index contributed by atoms with van der Waals surface area (Å²) in [6, 6.07) is 10.8. The molecule has 0 aromatic carbocycles. The van der Waals surface area contributed by atoms with Crippen LogP contribution in [-0.2, 0) is 16.8 Å². The van der Waals surface area contributed by atoms with Gasteiger partial charge in [0.1, 0.15) is 11.5 Å². The molecular formula is C22H18N6O3S. The molecule has 0 fully saturated rings. The zero-order chi connectivity index (χ0) is 22.2. The van der Waals surface area contributed by atoms with Crippen LogP contribution >= 0.6 is 0 Å². The van der Waals surface area contributed by atoms with E-state index >= 15 is 0 Å². The first-order valence-corrected chi connectivity index (χ1v) is 11.0. The fraction of sp³-hybridized carbons (Fsp3) is 0.0909. The second-order valence-corrected chi connectivity index (χ2v) is 8.23. The fourth-order valence-electron chi connectivity index (χ4n) is 3.56. The molecule has 10 heteroatoms. The lowest BCUT2D eigenvalue weighted by Crippen LogP contribution is -2.27. The zero-order valence-corrected chi connectivity index (χ0v) is 17.8. The maximum absolute atomic E-state index is 13.1. The number of carbonyl (C=O) groups excluding carboxylic acids is 1. The lowest BCUT2D eigenvalue weighted by atomic mass is 10.1. The minimum atomic E-state index is -1.94. The number of anilines is 1. The van der Waals surface area contributed by atoms with E-state index in [2.05, 4.69) is 20.1 Å². The molecule has 0 spiro atoms. The molecule has 0 radical (unpaired) electrons. The summed E-state index contributed by atoms with van der Waals surface area (Å²) >= 11 is -1.94. The first-order chi connectivity index (χ1) is 15.5. The van der Waals surface area contributed by atoms with E-state index in [-0.39, 0.29) is 11.7 Å². The molecule has 1 unspecified atom stereocenters. The Balaban J connectivity index is 1.46. The number of H-pyrrole nitrogens is 1. The van der Waals surface area contributed by atoms with Crippen LogP contribution < -0.4 is 4.90 Å². The zero-order valence-electron chi connectivity index (χ0n) is 17.0. The highest BCUT2D eigenvalue weighted by Crippen LogP contribution is 2.27. The molecule has 5 rings (SSSR count). The van der Waals surface area contributed by atoms with Crippen molar-refractivity contribution >= 4 is 39.4 Å². The number of aromatic nitrogens is 5. The van der Waals surface area contributed by atoms with E-state index in [9.17, 15) is 9.00 Å². The van der Waals surface area contributed by atoms with Crippen molar-refractivity contribution in [2.45, 2.75) is 5.75 Å². The van der Waals surface area contributed by atoms with Crippen LogP contribution in [0.2, 0.25) is 0 Å². The van der Waals surface area contributed by atoms with Crippen molar-refractivity contribution in [1.29, 1.82) is 0 Å². The Morgan fingerprint density at radius 2 is 2.03 bits per heavy atom. The number of pyridine rings is 3. The van der Waals surface area contributed by atoms with Gasteiger partial charge in [0.15, 0.2) is 11.1 Å². The summed E-state index contributed by atoms with van der Waals surface area (Å²) in [6.07, 6.45) is 8.62. The number of rotatable bonds is 5. The third-order valence-electron chi connectivity index (χ3n) is 5.23. The molecule has 0 bridgehead atoms. The van der Waals surface area contributed by atoms with Gasteiger partial charge in [0.25, 0.3) is 5.91 Å². The SMILES string of the molecule is CN(C(=O)c1ccn2ncc(-c3cnc4[nH]ccc4c3)c2c1)c1ccc(CS(=O)O)cn1. The predicted octanol–water partition coefficient (Wildman–Crippen LogP) is 3.27. The molecule has 1 amide bonds. The monoisotopic (exact) mass is 446 g/mol. The predicted molar refractivity (Wildman–Crippen MR) is 122 cm³/mol. The van der Waals surface area contributed by atoms with Gasteiger partial charge in [-0.1, -0.05) is 6.07 Å². The van der Waals surface area contributed by atoms with E-state index in [0.717, 1.165) is 27.7 Å². The number of carbonyl (C=O) groups is 1. The standard InChI is InChI=1S/C22H18N6O3S/c1-27(20-3-2-14(10-24-20)13-32(30)31)22(29)16-5-7-28-19(9-16)18(12-26-28)17-8-15-4-6-23-21(15)25-11-17/h2-12H,13H2,1H3,(H,23,25)(H,30,31). The van der Waals surface area contributed by atoms with Crippen molar-refractivity contribution in [3.63, 3.8) is 0 Å². The summed E-state index contributed by atoms with van der Waals surface area (Å²) < 4.78 is 21.7. The Bertz CT molecular complexity index is 1470. The fourth-order valence-corrected chi connectivity index (χ4v) is 4.02. The van der Waals surface area contributed by atoms with Gasteiger partial charge in [0.2, 0.25) is 0 Å². The quantitative estimate of drug-likeness (QED) is 0.400. The normalized spacial score (nSPS) is 12.3. The third-order valence-corrected chi connectivity index (χ3v) is 5.81. The van der Waals surface area contributed by atoms with Crippen LogP contribution in [0.5, 0.6) is 0 Å². The molecule has 9 nitrogen and oxygen atoms in total. The van der Waals surface area contributed by atoms with Crippen LogP contribution in [0.25, 0.3) is 27.7 Å². The number of nitrogens with one attached hydrogen (secondary N) is 1. The Labute approximate surface area is 185 Å². The highest BCUT2D eigenvalue weighted by atomic mass is 32.2. The number of hydrogen-bond acceptors (Lipinski definition) is 5. The van der Waals surface area contributed by atoms with Gasteiger partial charge < -0.3 is 9.54 Å². The largest absolute Gasteiger partial charge is 0.346 e. The van der Waals surface area contributed by atoms with Crippen LogP contribution in [0.4, 0.5) is 5.82 Å². The highest BCUT2D eigenvalue weighted by molar-refractivity contribution is 7.78. The van der Waals surface area contributed by atoms with Crippen LogP contribution in [0, 0.1) is 0 Å². The van der Waals surface area contributed by atoms with E-state index < -0.39 is 11.1 Å². The molecule has 0 aliphatic heterocycles. The van der Waals surface area contributed by atoms with Gasteiger partial charge in [-0.15, -0.1) is 0 Å². The summed E-state index contributed by atoms with van der Waals surface area (Å²) in [5, 5.41) is 5.39. The summed E-state index contributed by atoms with van der Waals surface area (Å²) in [4.78, 5) is 26.3. The molecule has 32 heavy (non-hydrogen) atoms. The maximum atomic E-state index is 13.1. The maximum Gasteiger partial charge on any atom is 0.259 e. The van der Waals surface area contributed by atoms with Crippen molar-refractivity contribution in [1.82, 2.24) is 24.6 Å². The molecule has 0 aliphatic rings. The lowest BCUT2D eigenvalue weighted by molar-refractivity contribution is 0.0992. The number of hydrogen-bond donors (Lipinski definition) is 2. The first kappa shape index (κ1) is 20.0. The minimum Gasteiger partial charge on any atom is -0.346 e. The Kier molecular flexibility index (Phi) is 5.00. The number of nitrogens with zero attached hydrogens (tertiary/aromatic N) is 5. The summed E-state index contributed by atoms with van der Waals surface area (Å²) in [6.45, 7) is 0. The summed E-state index contributed by atoms with van der Waals surface area (Å²) in [5.74, 6) is 0.206. The van der Waals surface area contributed by atoms with Crippen molar-refractivity contribution in [3.8, 4) is 11.1 Å². The Morgan fingerprint density at radius 1 is 1.16 bits per heavy atom. The molecule has 1 atom stereocenters. The van der Waals surface area contributed by atoms with Crippen LogP contribution in [0.15, 0.2) is 67.4 Å². The molecule has 5 heterocycles. The van der Waals surface area contributed by atoms with E-state index in [0.29, 0.717) is 16.9 Å². The molecule has 0 saturated heterocycles. The van der Waals surface area contributed by atoms with Gasteiger partial charge in [0, 0.05) is 53.9 Å². The molecule has 2 N–H and O–H groups in total. The second-order valence-electron chi connectivity index (χ2n) is 7.30. The topological polar surface area (TPSA) is 116 Å². The molecule has 0 aliphatic carbocycles. The van der Waals surface area contributed by atoms with E-state index in [1.807, 2.05) is 18.3 Å². The first-order valence-electron chi connectivity index (χ1n) is 9.71. The van der Waals surface area contributed by atoms with Crippen LogP contribution in [0.1, 0.15) is 15.9 Å². The number of fused-ring (bicyclic) bond motifs is 2. The van der Waals surface area contributed by atoms with Crippen molar-refractivity contribution in [3.05, 3.63) is 78.5 Å². The number of aromatic amines is 1.